The molecule has 6 heteroatoms. The molecule has 0 radical (unpaired) electrons. The summed E-state index contributed by atoms with van der Waals surface area (Å²) in [4.78, 5) is 10.3. The van der Waals surface area contributed by atoms with Crippen molar-refractivity contribution in [1.29, 1.82) is 0 Å². The van der Waals surface area contributed by atoms with Gasteiger partial charge in [-0.15, -0.1) is 0 Å². The lowest BCUT2D eigenvalue weighted by atomic mass is 10.2. The van der Waals surface area contributed by atoms with Gasteiger partial charge in [0.25, 0.3) is 0 Å². The van der Waals surface area contributed by atoms with Crippen molar-refractivity contribution >= 4 is 29.6 Å². The van der Waals surface area contributed by atoms with Gasteiger partial charge in [-0.25, -0.2) is 0 Å². The molecule has 1 aromatic carbocycles. The summed E-state index contributed by atoms with van der Waals surface area (Å²) < 4.78 is 35.8. The van der Waals surface area contributed by atoms with Crippen molar-refractivity contribution in [3.63, 3.8) is 0 Å². The molecule has 0 aliphatic carbocycles. The van der Waals surface area contributed by atoms with E-state index in [0.29, 0.717) is 6.29 Å². The molecule has 0 atom stereocenters. The van der Waals surface area contributed by atoms with E-state index in [9.17, 15) is 18.0 Å². The third-order valence-electron chi connectivity index (χ3n) is 1.33. The number of alkyl halides is 3. The number of carbonyl (C=O) groups excluding carboxylic acids is 1. The fourth-order valence-corrected chi connectivity index (χ4v) is 1.56. The van der Waals surface area contributed by atoms with Crippen LogP contribution in [0, 0.1) is 0 Å². The van der Waals surface area contributed by atoms with Crippen molar-refractivity contribution in [2.45, 2.75) is 10.4 Å². The zero-order valence-corrected chi connectivity index (χ0v) is 8.21. The van der Waals surface area contributed by atoms with Crippen molar-refractivity contribution in [1.82, 2.24) is 0 Å². The van der Waals surface area contributed by atoms with Crippen LogP contribution in [-0.2, 0) is 0 Å². The van der Waals surface area contributed by atoms with Gasteiger partial charge in [-0.2, -0.15) is 13.2 Å². The van der Waals surface area contributed by atoms with Crippen LogP contribution in [0.25, 0.3) is 0 Å². The standard InChI is InChI=1S/C8H4ClF3OS/c9-7-2-1-6(3-5(7)4-13)14-8(10,11)12/h1-4H. The van der Waals surface area contributed by atoms with E-state index in [0.717, 1.165) is 6.07 Å². The molecule has 0 saturated heterocycles. The number of hydrogen-bond donors (Lipinski definition) is 0. The first-order chi connectivity index (χ1) is 6.42. The SMILES string of the molecule is O=Cc1cc(SC(F)(F)F)ccc1Cl. The van der Waals surface area contributed by atoms with Crippen LogP contribution in [0.5, 0.6) is 0 Å². The Kier molecular flexibility index (Phi) is 3.44. The predicted molar refractivity (Wildman–Crippen MR) is 48.8 cm³/mol. The van der Waals surface area contributed by atoms with Gasteiger partial charge in [0.15, 0.2) is 6.29 Å². The van der Waals surface area contributed by atoms with Crippen LogP contribution in [0.1, 0.15) is 10.4 Å². The average Bonchev–Trinajstić information content (AvgIpc) is 2.06. The second-order valence-corrected chi connectivity index (χ2v) is 3.89. The fraction of sp³-hybridized carbons (Fsp3) is 0.125. The number of thioether (sulfide) groups is 1. The van der Waals surface area contributed by atoms with E-state index >= 15 is 0 Å². The highest BCUT2D eigenvalue weighted by molar-refractivity contribution is 8.00. The van der Waals surface area contributed by atoms with Gasteiger partial charge in [-0.3, -0.25) is 4.79 Å². The molecule has 0 saturated carbocycles. The van der Waals surface area contributed by atoms with Crippen LogP contribution < -0.4 is 0 Å². The van der Waals surface area contributed by atoms with Crippen LogP contribution >= 0.6 is 23.4 Å². The zero-order valence-electron chi connectivity index (χ0n) is 6.64. The molecule has 0 unspecified atom stereocenters. The first kappa shape index (κ1) is 11.4. The smallest absolute Gasteiger partial charge is 0.298 e. The van der Waals surface area contributed by atoms with E-state index in [1.807, 2.05) is 0 Å². The highest BCUT2D eigenvalue weighted by Gasteiger charge is 2.29. The topological polar surface area (TPSA) is 17.1 Å². The molecule has 0 N–H and O–H groups in total. The Labute approximate surface area is 87.2 Å². The molecule has 0 fully saturated rings. The minimum Gasteiger partial charge on any atom is -0.298 e. The lowest BCUT2D eigenvalue weighted by Crippen LogP contribution is -1.99. The molecule has 1 rings (SSSR count). The summed E-state index contributed by atoms with van der Waals surface area (Å²) in [6.07, 6.45) is 0.419. The summed E-state index contributed by atoms with van der Waals surface area (Å²) >= 11 is 5.27. The average molecular weight is 241 g/mol. The third kappa shape index (κ3) is 3.23. The van der Waals surface area contributed by atoms with Gasteiger partial charge in [0.2, 0.25) is 0 Å². The van der Waals surface area contributed by atoms with E-state index < -0.39 is 5.51 Å². The van der Waals surface area contributed by atoms with Gasteiger partial charge >= 0.3 is 5.51 Å². The summed E-state index contributed by atoms with van der Waals surface area (Å²) in [6.45, 7) is 0. The maximum atomic E-state index is 11.9. The van der Waals surface area contributed by atoms with Crippen LogP contribution in [0.2, 0.25) is 5.02 Å². The highest BCUT2D eigenvalue weighted by Crippen LogP contribution is 2.37. The highest BCUT2D eigenvalue weighted by atomic mass is 35.5. The van der Waals surface area contributed by atoms with E-state index in [2.05, 4.69) is 0 Å². The van der Waals surface area contributed by atoms with E-state index in [1.54, 1.807) is 0 Å². The number of aldehydes is 1. The minimum absolute atomic E-state index is 0.0519. The Bertz CT molecular complexity index is 351. The molecule has 0 heterocycles. The molecular weight excluding hydrogens is 237 g/mol. The van der Waals surface area contributed by atoms with Gasteiger partial charge < -0.3 is 0 Å². The minimum atomic E-state index is -4.35. The summed E-state index contributed by atoms with van der Waals surface area (Å²) in [5.74, 6) is 0. The van der Waals surface area contributed by atoms with Crippen molar-refractivity contribution in [2.24, 2.45) is 0 Å². The molecule has 0 amide bonds. The maximum absolute atomic E-state index is 11.9. The number of hydrogen-bond acceptors (Lipinski definition) is 2. The summed E-state index contributed by atoms with van der Waals surface area (Å²) in [5, 5.41) is 0.145. The first-order valence-electron chi connectivity index (χ1n) is 3.43. The molecule has 0 spiro atoms. The van der Waals surface area contributed by atoms with Gasteiger partial charge in [0.05, 0.1) is 5.02 Å². The lowest BCUT2D eigenvalue weighted by molar-refractivity contribution is -0.0328. The van der Waals surface area contributed by atoms with Crippen molar-refractivity contribution in [3.8, 4) is 0 Å². The number of rotatable bonds is 2. The molecule has 1 nitrogen and oxygen atoms in total. The monoisotopic (exact) mass is 240 g/mol. The Morgan fingerprint density at radius 2 is 2.00 bits per heavy atom. The maximum Gasteiger partial charge on any atom is 0.446 e. The first-order valence-corrected chi connectivity index (χ1v) is 4.62. The second-order valence-electron chi connectivity index (χ2n) is 2.35. The van der Waals surface area contributed by atoms with Gasteiger partial charge in [-0.1, -0.05) is 11.6 Å². The Hall–Kier alpha value is -0.680. The van der Waals surface area contributed by atoms with Gasteiger partial charge in [0, 0.05) is 10.5 Å². The lowest BCUT2D eigenvalue weighted by Gasteiger charge is -2.06. The number of carbonyl (C=O) groups is 1. The quantitative estimate of drug-likeness (QED) is 0.578. The molecule has 76 valence electrons. The summed E-state index contributed by atoms with van der Waals surface area (Å²) in [6, 6.07) is 3.58. The fourth-order valence-electron chi connectivity index (χ4n) is 0.809. The number of halogens is 4. The number of benzene rings is 1. The molecule has 0 bridgehead atoms. The molecule has 0 aliphatic heterocycles. The summed E-state index contributed by atoms with van der Waals surface area (Å²) in [7, 11) is 0. The van der Waals surface area contributed by atoms with E-state index in [4.69, 9.17) is 11.6 Å². The predicted octanol–water partition coefficient (Wildman–Crippen LogP) is 3.76. The van der Waals surface area contributed by atoms with Crippen molar-refractivity contribution in [3.05, 3.63) is 28.8 Å². The molecule has 1 aromatic rings. The van der Waals surface area contributed by atoms with Crippen molar-refractivity contribution in [2.75, 3.05) is 0 Å². The van der Waals surface area contributed by atoms with Gasteiger partial charge in [-0.05, 0) is 30.0 Å². The Morgan fingerprint density at radius 1 is 1.36 bits per heavy atom. The normalized spacial score (nSPS) is 11.4. The zero-order chi connectivity index (χ0) is 10.8. The van der Waals surface area contributed by atoms with Crippen LogP contribution in [-0.4, -0.2) is 11.8 Å². The van der Waals surface area contributed by atoms with Crippen molar-refractivity contribution < 1.29 is 18.0 Å². The molecule has 0 aromatic heterocycles. The van der Waals surface area contributed by atoms with Crippen LogP contribution in [0.15, 0.2) is 23.1 Å². The summed E-state index contributed by atoms with van der Waals surface area (Å²) in [5.41, 5.74) is -4.30. The van der Waals surface area contributed by atoms with Gasteiger partial charge in [0.1, 0.15) is 0 Å². The molecule has 0 aliphatic rings. The third-order valence-corrected chi connectivity index (χ3v) is 2.39. The second kappa shape index (κ2) is 4.23. The molecule has 14 heavy (non-hydrogen) atoms. The van der Waals surface area contributed by atoms with Crippen LogP contribution in [0.3, 0.4) is 0 Å². The largest absolute Gasteiger partial charge is 0.446 e. The Morgan fingerprint density at radius 3 is 2.50 bits per heavy atom. The Balaban J connectivity index is 2.95. The molecular formula is C8H4ClF3OS. The van der Waals surface area contributed by atoms with E-state index in [-0.39, 0.29) is 27.2 Å². The van der Waals surface area contributed by atoms with E-state index in [1.165, 1.54) is 12.1 Å². The van der Waals surface area contributed by atoms with Crippen LogP contribution in [0.4, 0.5) is 13.2 Å².